The molecule has 6 heteroatoms. The summed E-state index contributed by atoms with van der Waals surface area (Å²) < 4.78 is 14.8. The van der Waals surface area contributed by atoms with Crippen LogP contribution in [-0.2, 0) is 18.0 Å². The molecule has 1 heterocycles. The minimum atomic E-state index is -1.68. The van der Waals surface area contributed by atoms with Crippen molar-refractivity contribution in [2.75, 3.05) is 5.32 Å². The third kappa shape index (κ3) is 3.44. The van der Waals surface area contributed by atoms with Crippen LogP contribution in [0.1, 0.15) is 18.1 Å². The standard InChI is InChI=1S/C20H18FN3O2/c1-20(26,13-24-9-8-14-4-2-3-5-18(14)24)19(25)23-17-7-6-15(12-22)16(10-17)11-21/h2-10,26H,11,13H2,1H3,(H,23,25)/t20-/m0/s1. The second kappa shape index (κ2) is 6.98. The number of alkyl halides is 1. The van der Waals surface area contributed by atoms with Gasteiger partial charge in [-0.05, 0) is 42.6 Å². The Bertz CT molecular complexity index is 1000. The Balaban J connectivity index is 1.79. The molecule has 132 valence electrons. The van der Waals surface area contributed by atoms with Crippen molar-refractivity contribution >= 4 is 22.5 Å². The molecule has 0 aliphatic carbocycles. The molecule has 1 atom stereocenters. The molecule has 0 aliphatic heterocycles. The van der Waals surface area contributed by atoms with E-state index in [-0.39, 0.29) is 17.7 Å². The first-order chi connectivity index (χ1) is 12.4. The number of rotatable bonds is 5. The number of anilines is 1. The molecule has 0 saturated heterocycles. The van der Waals surface area contributed by atoms with Crippen molar-refractivity contribution in [2.24, 2.45) is 0 Å². The monoisotopic (exact) mass is 351 g/mol. The first kappa shape index (κ1) is 17.6. The first-order valence-corrected chi connectivity index (χ1v) is 8.11. The maximum atomic E-state index is 13.0. The number of nitriles is 1. The summed E-state index contributed by atoms with van der Waals surface area (Å²) in [6, 6.07) is 15.8. The van der Waals surface area contributed by atoms with Crippen molar-refractivity contribution in [1.29, 1.82) is 5.26 Å². The lowest BCUT2D eigenvalue weighted by atomic mass is 10.0. The van der Waals surface area contributed by atoms with Crippen LogP contribution in [0, 0.1) is 11.3 Å². The number of hydrogen-bond donors (Lipinski definition) is 2. The smallest absolute Gasteiger partial charge is 0.257 e. The van der Waals surface area contributed by atoms with Gasteiger partial charge < -0.3 is 15.0 Å². The van der Waals surface area contributed by atoms with E-state index in [4.69, 9.17) is 5.26 Å². The Hall–Kier alpha value is -3.17. The molecule has 0 unspecified atom stereocenters. The Morgan fingerprint density at radius 2 is 2.08 bits per heavy atom. The fourth-order valence-electron chi connectivity index (χ4n) is 2.84. The lowest BCUT2D eigenvalue weighted by Crippen LogP contribution is -2.43. The van der Waals surface area contributed by atoms with Crippen molar-refractivity contribution < 1.29 is 14.3 Å². The second-order valence-corrected chi connectivity index (χ2v) is 6.35. The van der Waals surface area contributed by atoms with E-state index in [2.05, 4.69) is 5.32 Å². The van der Waals surface area contributed by atoms with Crippen LogP contribution in [0.25, 0.3) is 10.9 Å². The molecule has 0 radical (unpaired) electrons. The number of fused-ring (bicyclic) bond motifs is 1. The van der Waals surface area contributed by atoms with Crippen LogP contribution in [0.2, 0.25) is 0 Å². The quantitative estimate of drug-likeness (QED) is 0.740. The van der Waals surface area contributed by atoms with Crippen LogP contribution < -0.4 is 5.32 Å². The van der Waals surface area contributed by atoms with Crippen LogP contribution in [0.15, 0.2) is 54.7 Å². The summed E-state index contributed by atoms with van der Waals surface area (Å²) in [7, 11) is 0. The highest BCUT2D eigenvalue weighted by Gasteiger charge is 2.31. The van der Waals surface area contributed by atoms with Crippen molar-refractivity contribution in [3.8, 4) is 6.07 Å². The average molecular weight is 351 g/mol. The van der Waals surface area contributed by atoms with Gasteiger partial charge in [0.25, 0.3) is 5.91 Å². The van der Waals surface area contributed by atoms with Gasteiger partial charge in [-0.1, -0.05) is 18.2 Å². The molecule has 2 N–H and O–H groups in total. The minimum absolute atomic E-state index is 0.0680. The van der Waals surface area contributed by atoms with Crippen molar-refractivity contribution in [3.05, 3.63) is 65.9 Å². The van der Waals surface area contributed by atoms with Crippen LogP contribution >= 0.6 is 0 Å². The zero-order valence-corrected chi connectivity index (χ0v) is 14.2. The molecule has 0 fully saturated rings. The van der Waals surface area contributed by atoms with Crippen LogP contribution in [0.4, 0.5) is 10.1 Å². The van der Waals surface area contributed by atoms with Crippen molar-refractivity contribution in [1.82, 2.24) is 4.57 Å². The molecule has 0 aliphatic rings. The zero-order chi connectivity index (χ0) is 18.7. The number of carbonyl (C=O) groups excluding carboxylic acids is 1. The molecule has 1 aromatic heterocycles. The predicted molar refractivity (Wildman–Crippen MR) is 97.2 cm³/mol. The highest BCUT2D eigenvalue weighted by atomic mass is 19.1. The molecule has 0 saturated carbocycles. The second-order valence-electron chi connectivity index (χ2n) is 6.35. The lowest BCUT2D eigenvalue weighted by Gasteiger charge is -2.23. The number of para-hydroxylation sites is 1. The average Bonchev–Trinajstić information content (AvgIpc) is 3.04. The van der Waals surface area contributed by atoms with Gasteiger partial charge in [0.15, 0.2) is 5.60 Å². The highest BCUT2D eigenvalue weighted by molar-refractivity contribution is 5.97. The largest absolute Gasteiger partial charge is 0.378 e. The molecule has 3 rings (SSSR count). The van der Waals surface area contributed by atoms with Crippen LogP contribution in [0.3, 0.4) is 0 Å². The summed E-state index contributed by atoms with van der Waals surface area (Å²) in [4.78, 5) is 12.5. The third-order valence-corrected chi connectivity index (χ3v) is 4.28. The van der Waals surface area contributed by atoms with E-state index < -0.39 is 18.2 Å². The number of aromatic nitrogens is 1. The summed E-state index contributed by atoms with van der Waals surface area (Å²) in [5.74, 6) is -0.607. The zero-order valence-electron chi connectivity index (χ0n) is 14.2. The summed E-state index contributed by atoms with van der Waals surface area (Å²) in [5, 5.41) is 23.2. The van der Waals surface area contributed by atoms with E-state index in [1.165, 1.54) is 25.1 Å². The van der Waals surface area contributed by atoms with Gasteiger partial charge in [0.05, 0.1) is 18.2 Å². The molecular formula is C20H18FN3O2. The number of benzene rings is 2. The molecule has 0 spiro atoms. The Morgan fingerprint density at radius 3 is 2.81 bits per heavy atom. The summed E-state index contributed by atoms with van der Waals surface area (Å²) in [6.45, 7) is 0.688. The summed E-state index contributed by atoms with van der Waals surface area (Å²) in [5.41, 5.74) is -0.0127. The molecule has 2 aromatic carbocycles. The van der Waals surface area contributed by atoms with E-state index in [1.54, 1.807) is 4.57 Å². The molecule has 5 nitrogen and oxygen atoms in total. The van der Waals surface area contributed by atoms with Gasteiger partial charge in [0, 0.05) is 23.0 Å². The number of nitrogens with zero attached hydrogens (tertiary/aromatic N) is 2. The van der Waals surface area contributed by atoms with Gasteiger partial charge in [-0.15, -0.1) is 0 Å². The van der Waals surface area contributed by atoms with Gasteiger partial charge in [0.1, 0.15) is 6.67 Å². The number of hydrogen-bond acceptors (Lipinski definition) is 3. The minimum Gasteiger partial charge on any atom is -0.378 e. The normalized spacial score (nSPS) is 13.2. The van der Waals surface area contributed by atoms with E-state index in [9.17, 15) is 14.3 Å². The van der Waals surface area contributed by atoms with E-state index in [0.717, 1.165) is 10.9 Å². The third-order valence-electron chi connectivity index (χ3n) is 4.28. The summed E-state index contributed by atoms with van der Waals surface area (Å²) >= 11 is 0. The SMILES string of the molecule is C[C@](O)(Cn1ccc2ccccc21)C(=O)Nc1ccc(C#N)c(CF)c1. The van der Waals surface area contributed by atoms with Crippen molar-refractivity contribution in [2.45, 2.75) is 25.7 Å². The number of carbonyl (C=O) groups is 1. The van der Waals surface area contributed by atoms with Crippen LogP contribution in [0.5, 0.6) is 0 Å². The van der Waals surface area contributed by atoms with E-state index in [1.807, 2.05) is 42.6 Å². The number of amides is 1. The van der Waals surface area contributed by atoms with E-state index >= 15 is 0 Å². The molecular weight excluding hydrogens is 333 g/mol. The Labute approximate surface area is 150 Å². The Morgan fingerprint density at radius 1 is 1.31 bits per heavy atom. The molecule has 3 aromatic rings. The van der Waals surface area contributed by atoms with Crippen molar-refractivity contribution in [3.63, 3.8) is 0 Å². The number of nitrogens with one attached hydrogen (secondary N) is 1. The van der Waals surface area contributed by atoms with E-state index in [0.29, 0.717) is 5.69 Å². The number of aliphatic hydroxyl groups is 1. The predicted octanol–water partition coefficient (Wildman–Crippen LogP) is 3.37. The van der Waals surface area contributed by atoms with Gasteiger partial charge in [-0.3, -0.25) is 4.79 Å². The topological polar surface area (TPSA) is 78.1 Å². The van der Waals surface area contributed by atoms with Gasteiger partial charge in [0.2, 0.25) is 0 Å². The molecule has 26 heavy (non-hydrogen) atoms. The maximum absolute atomic E-state index is 13.0. The first-order valence-electron chi connectivity index (χ1n) is 8.11. The van der Waals surface area contributed by atoms with Gasteiger partial charge in [-0.2, -0.15) is 5.26 Å². The van der Waals surface area contributed by atoms with Gasteiger partial charge in [-0.25, -0.2) is 4.39 Å². The molecule has 1 amide bonds. The summed E-state index contributed by atoms with van der Waals surface area (Å²) in [6.07, 6.45) is 1.81. The molecule has 0 bridgehead atoms. The Kier molecular flexibility index (Phi) is 4.74. The number of halogens is 1. The fourth-order valence-corrected chi connectivity index (χ4v) is 2.84. The highest BCUT2D eigenvalue weighted by Crippen LogP contribution is 2.21. The van der Waals surface area contributed by atoms with Gasteiger partial charge >= 0.3 is 0 Å². The lowest BCUT2D eigenvalue weighted by molar-refractivity contribution is -0.133. The maximum Gasteiger partial charge on any atom is 0.257 e. The van der Waals surface area contributed by atoms with Crippen LogP contribution in [-0.4, -0.2) is 21.2 Å². The fraction of sp³-hybridized carbons (Fsp3) is 0.200.